The molecule has 1 aliphatic heterocycles. The molecule has 100 valence electrons. The van der Waals surface area contributed by atoms with Crippen LogP contribution in [0.1, 0.15) is 11.7 Å². The summed E-state index contributed by atoms with van der Waals surface area (Å²) in [6.45, 7) is 0.898. The Bertz CT molecular complexity index is 503. The van der Waals surface area contributed by atoms with Crippen LogP contribution in [0.2, 0.25) is 0 Å². The van der Waals surface area contributed by atoms with E-state index in [1.165, 1.54) is 0 Å². The highest BCUT2D eigenvalue weighted by molar-refractivity contribution is 5.83. The molecule has 2 aliphatic rings. The van der Waals surface area contributed by atoms with E-state index < -0.39 is 12.1 Å². The number of aliphatic carboxylic acids is 1. The number of carbonyl (C=O) groups excluding carboxylic acids is 1. The van der Waals surface area contributed by atoms with Crippen molar-refractivity contribution in [1.82, 2.24) is 4.90 Å². The monoisotopic (exact) mass is 261 g/mol. The van der Waals surface area contributed by atoms with E-state index >= 15 is 0 Å². The van der Waals surface area contributed by atoms with Gasteiger partial charge < -0.3 is 15.1 Å². The average molecular weight is 261 g/mol. The molecule has 1 saturated carbocycles. The Kier molecular flexibility index (Phi) is 2.78. The quantitative estimate of drug-likeness (QED) is 0.831. The number of aliphatic hydroxyl groups excluding tert-OH is 1. The van der Waals surface area contributed by atoms with Gasteiger partial charge in [0.15, 0.2) is 6.10 Å². The van der Waals surface area contributed by atoms with Crippen LogP contribution in [-0.4, -0.2) is 40.1 Å². The van der Waals surface area contributed by atoms with Crippen molar-refractivity contribution in [2.24, 2.45) is 17.8 Å². The molecule has 19 heavy (non-hydrogen) atoms. The highest BCUT2D eigenvalue weighted by Crippen LogP contribution is 2.52. The molecule has 0 spiro atoms. The van der Waals surface area contributed by atoms with Crippen molar-refractivity contribution < 1.29 is 19.8 Å². The van der Waals surface area contributed by atoms with E-state index in [4.69, 9.17) is 5.11 Å². The van der Waals surface area contributed by atoms with Crippen LogP contribution in [0.3, 0.4) is 0 Å². The number of fused-ring (bicyclic) bond motifs is 1. The number of benzene rings is 1. The Morgan fingerprint density at radius 2 is 1.74 bits per heavy atom. The zero-order valence-corrected chi connectivity index (χ0v) is 10.3. The summed E-state index contributed by atoms with van der Waals surface area (Å²) < 4.78 is 0. The third kappa shape index (κ3) is 2.00. The molecule has 3 rings (SSSR count). The van der Waals surface area contributed by atoms with E-state index in [0.29, 0.717) is 18.7 Å². The molecule has 1 amide bonds. The van der Waals surface area contributed by atoms with E-state index in [1.54, 1.807) is 29.2 Å². The van der Waals surface area contributed by atoms with Gasteiger partial charge in [0, 0.05) is 13.1 Å². The second-order valence-corrected chi connectivity index (χ2v) is 5.25. The van der Waals surface area contributed by atoms with Gasteiger partial charge in [-0.2, -0.15) is 0 Å². The summed E-state index contributed by atoms with van der Waals surface area (Å²) >= 11 is 0. The third-order valence-electron chi connectivity index (χ3n) is 4.14. The van der Waals surface area contributed by atoms with Gasteiger partial charge in [-0.25, -0.2) is 0 Å². The molecule has 1 saturated heterocycles. The van der Waals surface area contributed by atoms with Crippen molar-refractivity contribution in [3.63, 3.8) is 0 Å². The summed E-state index contributed by atoms with van der Waals surface area (Å²) in [6.07, 6.45) is -1.15. The lowest BCUT2D eigenvalue weighted by Gasteiger charge is -2.22. The van der Waals surface area contributed by atoms with Crippen molar-refractivity contribution >= 4 is 11.9 Å². The molecular formula is C14H15NO4. The van der Waals surface area contributed by atoms with E-state index in [9.17, 15) is 14.7 Å². The zero-order chi connectivity index (χ0) is 13.6. The van der Waals surface area contributed by atoms with Crippen molar-refractivity contribution in [3.8, 4) is 0 Å². The molecule has 1 aliphatic carbocycles. The van der Waals surface area contributed by atoms with Gasteiger partial charge in [-0.3, -0.25) is 9.59 Å². The number of hydrogen-bond acceptors (Lipinski definition) is 3. The van der Waals surface area contributed by atoms with E-state index in [0.717, 1.165) is 0 Å². The van der Waals surface area contributed by atoms with Crippen LogP contribution in [0.15, 0.2) is 30.3 Å². The maximum Gasteiger partial charge on any atom is 0.307 e. The first-order valence-corrected chi connectivity index (χ1v) is 6.34. The van der Waals surface area contributed by atoms with Crippen LogP contribution < -0.4 is 0 Å². The van der Waals surface area contributed by atoms with E-state index in [-0.39, 0.29) is 23.7 Å². The lowest BCUT2D eigenvalue weighted by Crippen LogP contribution is -2.36. The lowest BCUT2D eigenvalue weighted by atomic mass is 10.1. The SMILES string of the molecule is O=C(O)C1[C@H]2CN(C(=O)[C@H](O)c3ccccc3)C[C@@H]12. The third-order valence-corrected chi connectivity index (χ3v) is 4.14. The van der Waals surface area contributed by atoms with Gasteiger partial charge >= 0.3 is 5.97 Å². The van der Waals surface area contributed by atoms with E-state index in [1.807, 2.05) is 6.07 Å². The molecule has 1 aromatic rings. The molecule has 1 aromatic carbocycles. The molecular weight excluding hydrogens is 246 g/mol. The number of hydrogen-bond donors (Lipinski definition) is 2. The molecule has 5 heteroatoms. The predicted octanol–water partition coefficient (Wildman–Crippen LogP) is 0.509. The number of rotatable bonds is 3. The summed E-state index contributed by atoms with van der Waals surface area (Å²) in [4.78, 5) is 24.5. The molecule has 0 aromatic heterocycles. The number of nitrogens with zero attached hydrogens (tertiary/aromatic N) is 1. The fourth-order valence-corrected chi connectivity index (χ4v) is 3.02. The maximum atomic E-state index is 12.1. The highest BCUT2D eigenvalue weighted by Gasteiger charge is 2.60. The fraction of sp³-hybridized carbons (Fsp3) is 0.429. The van der Waals surface area contributed by atoms with Gasteiger partial charge in [0.1, 0.15) is 0 Å². The van der Waals surface area contributed by atoms with Crippen LogP contribution >= 0.6 is 0 Å². The maximum absolute atomic E-state index is 12.1. The number of carboxylic acids is 1. The van der Waals surface area contributed by atoms with Crippen LogP contribution in [0.4, 0.5) is 0 Å². The summed E-state index contributed by atoms with van der Waals surface area (Å²) in [5.41, 5.74) is 0.572. The van der Waals surface area contributed by atoms with Gasteiger partial charge in [0.2, 0.25) is 0 Å². The predicted molar refractivity (Wildman–Crippen MR) is 66.1 cm³/mol. The number of amides is 1. The number of carbonyl (C=O) groups is 2. The Hall–Kier alpha value is -1.88. The first-order valence-electron chi connectivity index (χ1n) is 6.34. The number of piperidine rings is 1. The molecule has 4 atom stereocenters. The second-order valence-electron chi connectivity index (χ2n) is 5.25. The Morgan fingerprint density at radius 1 is 1.16 bits per heavy atom. The molecule has 1 unspecified atom stereocenters. The van der Waals surface area contributed by atoms with Crippen LogP contribution in [-0.2, 0) is 9.59 Å². The van der Waals surface area contributed by atoms with Gasteiger partial charge in [-0.05, 0) is 17.4 Å². The van der Waals surface area contributed by atoms with Crippen LogP contribution in [0.25, 0.3) is 0 Å². The minimum absolute atomic E-state index is 0.0735. The minimum atomic E-state index is -1.15. The summed E-state index contributed by atoms with van der Waals surface area (Å²) in [5, 5.41) is 18.9. The number of likely N-dealkylation sites (tertiary alicyclic amines) is 1. The van der Waals surface area contributed by atoms with Crippen molar-refractivity contribution in [1.29, 1.82) is 0 Å². The smallest absolute Gasteiger partial charge is 0.307 e. The van der Waals surface area contributed by atoms with Crippen molar-refractivity contribution in [2.45, 2.75) is 6.10 Å². The number of aliphatic hydroxyl groups is 1. The van der Waals surface area contributed by atoms with Gasteiger partial charge in [0.25, 0.3) is 5.91 Å². The van der Waals surface area contributed by atoms with Gasteiger partial charge in [0.05, 0.1) is 5.92 Å². The topological polar surface area (TPSA) is 77.8 Å². The molecule has 1 heterocycles. The first-order chi connectivity index (χ1) is 9.09. The van der Waals surface area contributed by atoms with E-state index in [2.05, 4.69) is 0 Å². The molecule has 0 radical (unpaired) electrons. The summed E-state index contributed by atoms with van der Waals surface area (Å²) in [5.74, 6) is -1.25. The fourth-order valence-electron chi connectivity index (χ4n) is 3.02. The Labute approximate surface area is 110 Å². The van der Waals surface area contributed by atoms with Crippen molar-refractivity contribution in [3.05, 3.63) is 35.9 Å². The highest BCUT2D eigenvalue weighted by atomic mass is 16.4. The van der Waals surface area contributed by atoms with Crippen LogP contribution in [0.5, 0.6) is 0 Å². The normalized spacial score (nSPS) is 29.7. The van der Waals surface area contributed by atoms with Crippen molar-refractivity contribution in [2.75, 3.05) is 13.1 Å². The standard InChI is InChI=1S/C14H15NO4/c16-12(8-4-2-1-3-5-8)13(17)15-6-9-10(7-15)11(9)14(18)19/h1-5,9-12,16H,6-7H2,(H,18,19)/t9-,10+,11?,12-/m1/s1. The zero-order valence-electron chi connectivity index (χ0n) is 10.3. The lowest BCUT2D eigenvalue weighted by molar-refractivity contribution is -0.143. The molecule has 2 N–H and O–H groups in total. The summed E-state index contributed by atoms with van der Waals surface area (Å²) in [7, 11) is 0. The molecule has 0 bridgehead atoms. The second kappa shape index (κ2) is 4.35. The van der Waals surface area contributed by atoms with Crippen LogP contribution in [0, 0.1) is 17.8 Å². The summed E-state index contributed by atoms with van der Waals surface area (Å²) in [6, 6.07) is 8.78. The average Bonchev–Trinajstić information content (AvgIpc) is 2.94. The Morgan fingerprint density at radius 3 is 2.26 bits per heavy atom. The minimum Gasteiger partial charge on any atom is -0.481 e. The first kappa shape index (κ1) is 12.2. The number of carboxylic acid groups (broad SMARTS) is 1. The van der Waals surface area contributed by atoms with Gasteiger partial charge in [-0.15, -0.1) is 0 Å². The molecule has 2 fully saturated rings. The Balaban J connectivity index is 1.63. The van der Waals surface area contributed by atoms with Gasteiger partial charge in [-0.1, -0.05) is 30.3 Å². The molecule has 5 nitrogen and oxygen atoms in total. The largest absolute Gasteiger partial charge is 0.481 e.